The molecule has 1 aromatic rings. The molecule has 0 atom stereocenters. The first-order valence-corrected chi connectivity index (χ1v) is 5.55. The van der Waals surface area contributed by atoms with Gasteiger partial charge in [0.2, 0.25) is 0 Å². The van der Waals surface area contributed by atoms with Crippen LogP contribution in [0.4, 0.5) is 0 Å². The molecule has 1 rings (SSSR count). The van der Waals surface area contributed by atoms with E-state index in [9.17, 15) is 0 Å². The highest BCUT2D eigenvalue weighted by molar-refractivity contribution is 5.52. The van der Waals surface area contributed by atoms with Crippen molar-refractivity contribution in [2.45, 2.75) is 33.2 Å². The van der Waals surface area contributed by atoms with Crippen LogP contribution in [0.1, 0.15) is 32.8 Å². The lowest BCUT2D eigenvalue weighted by molar-refractivity contribution is 0.617. The Morgan fingerprint density at radius 1 is 1.40 bits per heavy atom. The Kier molecular flexibility index (Phi) is 5.05. The Balaban J connectivity index is 2.62. The van der Waals surface area contributed by atoms with Crippen molar-refractivity contribution < 1.29 is 0 Å². The quantitative estimate of drug-likeness (QED) is 0.797. The van der Waals surface area contributed by atoms with Gasteiger partial charge in [0.15, 0.2) is 0 Å². The van der Waals surface area contributed by atoms with Crippen molar-refractivity contribution in [3.8, 4) is 0 Å². The highest BCUT2D eigenvalue weighted by Gasteiger charge is 1.97. The van der Waals surface area contributed by atoms with E-state index < -0.39 is 0 Å². The lowest BCUT2D eigenvalue weighted by Gasteiger charge is -2.10. The summed E-state index contributed by atoms with van der Waals surface area (Å²) in [5.41, 5.74) is 2.65. The maximum absolute atomic E-state index is 4.01. The second kappa shape index (κ2) is 6.36. The summed E-state index contributed by atoms with van der Waals surface area (Å²) in [7, 11) is 0. The van der Waals surface area contributed by atoms with E-state index in [1.54, 1.807) is 0 Å². The molecule has 2 heteroatoms. The van der Waals surface area contributed by atoms with Gasteiger partial charge in [-0.1, -0.05) is 32.4 Å². The van der Waals surface area contributed by atoms with Crippen LogP contribution >= 0.6 is 0 Å². The number of hydrogen-bond donors (Lipinski definition) is 1. The first-order chi connectivity index (χ1) is 7.22. The summed E-state index contributed by atoms with van der Waals surface area (Å²) in [4.78, 5) is 4.01. The Bertz CT molecular complexity index is 302. The molecule has 0 spiro atoms. The summed E-state index contributed by atoms with van der Waals surface area (Å²) in [6.07, 6.45) is 6.98. The Morgan fingerprint density at radius 2 is 2.07 bits per heavy atom. The van der Waals surface area contributed by atoms with E-state index in [4.69, 9.17) is 0 Å². The predicted octanol–water partition coefficient (Wildman–Crippen LogP) is 2.87. The molecule has 0 aliphatic carbocycles. The average Bonchev–Trinajstić information content (AvgIpc) is 2.25. The number of nitrogens with zero attached hydrogens (tertiary/aromatic N) is 1. The molecule has 82 valence electrons. The maximum Gasteiger partial charge on any atom is 0.0273 e. The first kappa shape index (κ1) is 11.9. The molecule has 15 heavy (non-hydrogen) atoms. The van der Waals surface area contributed by atoms with Crippen molar-refractivity contribution in [2.24, 2.45) is 0 Å². The van der Waals surface area contributed by atoms with Crippen molar-refractivity contribution in [2.75, 3.05) is 6.54 Å². The van der Waals surface area contributed by atoms with Crippen molar-refractivity contribution >= 4 is 6.08 Å². The third kappa shape index (κ3) is 4.75. The summed E-state index contributed by atoms with van der Waals surface area (Å²) in [6.45, 7) is 7.49. The lowest BCUT2D eigenvalue weighted by atomic mass is 10.1. The van der Waals surface area contributed by atoms with Crippen LogP contribution in [-0.4, -0.2) is 17.6 Å². The molecule has 0 radical (unpaired) electrons. The van der Waals surface area contributed by atoms with E-state index in [0.717, 1.165) is 13.0 Å². The van der Waals surface area contributed by atoms with E-state index in [1.807, 2.05) is 24.5 Å². The van der Waals surface area contributed by atoms with Crippen LogP contribution in [-0.2, 0) is 0 Å². The molecule has 0 amide bonds. The van der Waals surface area contributed by atoms with Gasteiger partial charge in [-0.15, -0.1) is 0 Å². The Morgan fingerprint density at radius 3 is 2.60 bits per heavy atom. The summed E-state index contributed by atoms with van der Waals surface area (Å²) in [6, 6.07) is 4.60. The van der Waals surface area contributed by atoms with Crippen LogP contribution in [0.3, 0.4) is 0 Å². The molecular weight excluding hydrogens is 184 g/mol. The third-order valence-electron chi connectivity index (χ3n) is 2.27. The Labute approximate surface area is 92.4 Å². The predicted molar refractivity (Wildman–Crippen MR) is 65.6 cm³/mol. The summed E-state index contributed by atoms with van der Waals surface area (Å²) < 4.78 is 0. The largest absolute Gasteiger partial charge is 0.311 e. The molecule has 1 aromatic heterocycles. The van der Waals surface area contributed by atoms with Gasteiger partial charge in [-0.05, 0) is 24.1 Å². The summed E-state index contributed by atoms with van der Waals surface area (Å²) in [5, 5.41) is 3.43. The SMILES string of the molecule is CCC(=Cc1ccncc1)CNC(C)C. The van der Waals surface area contributed by atoms with Crippen molar-refractivity contribution in [1.82, 2.24) is 10.3 Å². The second-order valence-corrected chi connectivity index (χ2v) is 3.97. The van der Waals surface area contributed by atoms with Gasteiger partial charge in [-0.2, -0.15) is 0 Å². The monoisotopic (exact) mass is 204 g/mol. The van der Waals surface area contributed by atoms with Crippen LogP contribution in [0.15, 0.2) is 30.1 Å². The molecule has 0 aliphatic heterocycles. The standard InChI is InChI=1S/C13H20N2/c1-4-12(10-15-11(2)3)9-13-5-7-14-8-6-13/h5-9,11,15H,4,10H2,1-3H3. The van der Waals surface area contributed by atoms with Crippen LogP contribution in [0, 0.1) is 0 Å². The van der Waals surface area contributed by atoms with E-state index in [1.165, 1.54) is 11.1 Å². The van der Waals surface area contributed by atoms with Crippen molar-refractivity contribution in [1.29, 1.82) is 0 Å². The van der Waals surface area contributed by atoms with Gasteiger partial charge >= 0.3 is 0 Å². The summed E-state index contributed by atoms with van der Waals surface area (Å²) in [5.74, 6) is 0. The molecule has 1 heterocycles. The maximum atomic E-state index is 4.01. The first-order valence-electron chi connectivity index (χ1n) is 5.55. The molecule has 0 aliphatic rings. The van der Waals surface area contributed by atoms with E-state index in [-0.39, 0.29) is 0 Å². The zero-order chi connectivity index (χ0) is 11.1. The minimum atomic E-state index is 0.539. The fourth-order valence-electron chi connectivity index (χ4n) is 1.31. The Hall–Kier alpha value is -1.15. The summed E-state index contributed by atoms with van der Waals surface area (Å²) >= 11 is 0. The number of aromatic nitrogens is 1. The molecule has 0 fully saturated rings. The van der Waals surface area contributed by atoms with Gasteiger partial charge in [0.25, 0.3) is 0 Å². The second-order valence-electron chi connectivity index (χ2n) is 3.97. The minimum absolute atomic E-state index is 0.539. The lowest BCUT2D eigenvalue weighted by Crippen LogP contribution is -2.24. The molecule has 0 saturated carbocycles. The zero-order valence-electron chi connectivity index (χ0n) is 9.83. The molecule has 0 saturated heterocycles. The molecular formula is C13H20N2. The minimum Gasteiger partial charge on any atom is -0.311 e. The average molecular weight is 204 g/mol. The fraction of sp³-hybridized carbons (Fsp3) is 0.462. The normalized spacial score (nSPS) is 12.1. The van der Waals surface area contributed by atoms with Gasteiger partial charge in [-0.3, -0.25) is 4.98 Å². The molecule has 0 bridgehead atoms. The van der Waals surface area contributed by atoms with Crippen molar-refractivity contribution in [3.63, 3.8) is 0 Å². The van der Waals surface area contributed by atoms with E-state index >= 15 is 0 Å². The van der Waals surface area contributed by atoms with Crippen molar-refractivity contribution in [3.05, 3.63) is 35.7 Å². The van der Waals surface area contributed by atoms with Gasteiger partial charge in [0, 0.05) is 25.0 Å². The van der Waals surface area contributed by atoms with E-state index in [2.05, 4.69) is 37.1 Å². The van der Waals surface area contributed by atoms with E-state index in [0.29, 0.717) is 6.04 Å². The number of pyridine rings is 1. The highest BCUT2D eigenvalue weighted by atomic mass is 14.9. The number of nitrogens with one attached hydrogen (secondary N) is 1. The number of rotatable bonds is 5. The third-order valence-corrected chi connectivity index (χ3v) is 2.27. The van der Waals surface area contributed by atoms with Crippen LogP contribution < -0.4 is 5.32 Å². The van der Waals surface area contributed by atoms with Gasteiger partial charge in [0.05, 0.1) is 0 Å². The van der Waals surface area contributed by atoms with Gasteiger partial charge < -0.3 is 5.32 Å². The highest BCUT2D eigenvalue weighted by Crippen LogP contribution is 2.07. The molecule has 1 N–H and O–H groups in total. The smallest absolute Gasteiger partial charge is 0.0273 e. The molecule has 0 aromatic carbocycles. The van der Waals surface area contributed by atoms with Crippen LogP contribution in [0.2, 0.25) is 0 Å². The van der Waals surface area contributed by atoms with Crippen LogP contribution in [0.5, 0.6) is 0 Å². The van der Waals surface area contributed by atoms with Crippen LogP contribution in [0.25, 0.3) is 6.08 Å². The number of hydrogen-bond acceptors (Lipinski definition) is 2. The fourth-order valence-corrected chi connectivity index (χ4v) is 1.31. The molecule has 0 unspecified atom stereocenters. The van der Waals surface area contributed by atoms with Gasteiger partial charge in [0.1, 0.15) is 0 Å². The van der Waals surface area contributed by atoms with Gasteiger partial charge in [-0.25, -0.2) is 0 Å². The molecule has 2 nitrogen and oxygen atoms in total. The zero-order valence-corrected chi connectivity index (χ0v) is 9.83. The topological polar surface area (TPSA) is 24.9 Å².